The number of aromatic nitrogens is 1. The van der Waals surface area contributed by atoms with Crippen molar-refractivity contribution in [2.24, 2.45) is 16.7 Å². The predicted octanol–water partition coefficient (Wildman–Crippen LogP) is 3.09. The third-order valence-electron chi connectivity index (χ3n) is 8.43. The Kier molecular flexibility index (Phi) is 5.43. The van der Waals surface area contributed by atoms with Crippen LogP contribution < -0.4 is 10.2 Å². The second-order valence-corrected chi connectivity index (χ2v) is 10.7. The largest absolute Gasteiger partial charge is 0.397 e. The van der Waals surface area contributed by atoms with E-state index in [0.29, 0.717) is 35.3 Å². The molecule has 2 aliphatic heterocycles. The molecule has 7 nitrogen and oxygen atoms in total. The van der Waals surface area contributed by atoms with Gasteiger partial charge in [0, 0.05) is 56.5 Å². The van der Waals surface area contributed by atoms with Crippen LogP contribution in [0.1, 0.15) is 24.8 Å². The molecular weight excluding hydrogens is 471 g/mol. The van der Waals surface area contributed by atoms with Crippen LogP contribution in [0.15, 0.2) is 30.5 Å². The van der Waals surface area contributed by atoms with Gasteiger partial charge >= 0.3 is 6.18 Å². The Labute approximate surface area is 207 Å². The number of amides is 1. The first-order valence-corrected chi connectivity index (χ1v) is 12.5. The normalized spacial score (nSPS) is 30.2. The van der Waals surface area contributed by atoms with Crippen molar-refractivity contribution in [3.05, 3.63) is 36.0 Å². The summed E-state index contributed by atoms with van der Waals surface area (Å²) in [5, 5.41) is 12.8. The summed E-state index contributed by atoms with van der Waals surface area (Å²) in [5.41, 5.74) is -2.25. The molecule has 1 amide bonds. The van der Waals surface area contributed by atoms with Gasteiger partial charge in [-0.05, 0) is 49.4 Å². The van der Waals surface area contributed by atoms with Gasteiger partial charge < -0.3 is 15.0 Å². The third-order valence-corrected chi connectivity index (χ3v) is 8.43. The first-order chi connectivity index (χ1) is 17.3. The number of anilines is 1. The Balaban J connectivity index is 1.21. The number of alkyl halides is 3. The highest BCUT2D eigenvalue weighted by Gasteiger charge is 2.86. The minimum atomic E-state index is -4.51. The summed E-state index contributed by atoms with van der Waals surface area (Å²) in [6.45, 7) is 3.01. The minimum absolute atomic E-state index is 0.0342. The Morgan fingerprint density at radius 2 is 2.11 bits per heavy atom. The van der Waals surface area contributed by atoms with Crippen LogP contribution in [0.2, 0.25) is 0 Å². The average Bonchev–Trinajstić information content (AvgIpc) is 3.78. The zero-order valence-corrected chi connectivity index (χ0v) is 19.9. The van der Waals surface area contributed by atoms with E-state index >= 15 is 0 Å². The molecule has 1 aromatic heterocycles. The van der Waals surface area contributed by atoms with E-state index < -0.39 is 22.9 Å². The van der Waals surface area contributed by atoms with Crippen LogP contribution >= 0.6 is 0 Å². The van der Waals surface area contributed by atoms with Crippen LogP contribution in [-0.4, -0.2) is 73.9 Å². The highest BCUT2D eigenvalue weighted by molar-refractivity contribution is 5.97. The van der Waals surface area contributed by atoms with Crippen LogP contribution in [0.3, 0.4) is 0 Å². The number of carbonyl (C=O) groups is 1. The molecule has 190 valence electrons. The number of ether oxygens (including phenoxy) is 1. The third kappa shape index (κ3) is 3.71. The monoisotopic (exact) mass is 499 g/mol. The molecular formula is C26H28F3N5O2. The number of rotatable bonds is 6. The number of nitrogens with one attached hydrogen (secondary N) is 1. The summed E-state index contributed by atoms with van der Waals surface area (Å²) in [6, 6.07) is 8.78. The number of carbonyl (C=O) groups excluding carboxylic acids is 1. The Morgan fingerprint density at radius 1 is 1.28 bits per heavy atom. The number of hydrogen-bond acceptors (Lipinski definition) is 6. The van der Waals surface area contributed by atoms with Gasteiger partial charge in [0.25, 0.3) is 0 Å². The maximum absolute atomic E-state index is 14.4. The van der Waals surface area contributed by atoms with Gasteiger partial charge in [0.05, 0.1) is 29.2 Å². The Bertz CT molecular complexity index is 1240. The number of nitriles is 1. The van der Waals surface area contributed by atoms with Gasteiger partial charge in [-0.3, -0.25) is 14.7 Å². The molecule has 2 aliphatic carbocycles. The zero-order valence-electron chi connectivity index (χ0n) is 19.9. The summed E-state index contributed by atoms with van der Waals surface area (Å²) in [5.74, 6) is 0.190. The molecule has 0 bridgehead atoms. The number of fused-ring (bicyclic) bond motifs is 2. The molecule has 2 saturated heterocycles. The molecule has 1 aromatic carbocycles. The van der Waals surface area contributed by atoms with Crippen LogP contribution in [-0.2, 0) is 9.53 Å². The van der Waals surface area contributed by atoms with Crippen molar-refractivity contribution >= 4 is 22.5 Å². The predicted molar refractivity (Wildman–Crippen MR) is 126 cm³/mol. The van der Waals surface area contributed by atoms with Gasteiger partial charge in [0.15, 0.2) is 0 Å². The molecule has 2 aromatic rings. The summed E-state index contributed by atoms with van der Waals surface area (Å²) in [7, 11) is 0. The fourth-order valence-electron chi connectivity index (χ4n) is 6.23. The lowest BCUT2D eigenvalue weighted by molar-refractivity contribution is -0.191. The van der Waals surface area contributed by atoms with Gasteiger partial charge in [-0.15, -0.1) is 0 Å². The average molecular weight is 500 g/mol. The topological polar surface area (TPSA) is 81.5 Å². The van der Waals surface area contributed by atoms with Crippen molar-refractivity contribution in [1.82, 2.24) is 15.2 Å². The molecule has 0 spiro atoms. The van der Waals surface area contributed by atoms with Crippen molar-refractivity contribution in [3.8, 4) is 6.07 Å². The molecule has 10 heteroatoms. The molecule has 36 heavy (non-hydrogen) atoms. The standard InChI is InChI=1S/C26H28F3N5O2/c27-26(28,29)25-14-24(25,23(35)32-11-19-13-33(8-9-36-19)12-17-3-4-17)15-34(16-25)21-6-5-18(10-30)22-20(21)2-1-7-31-22/h1-2,5-7,17,19H,3-4,8-9,11-16H2,(H,32,35)/t19-,24-,25-/m0/s1. The van der Waals surface area contributed by atoms with E-state index in [1.54, 1.807) is 35.4 Å². The van der Waals surface area contributed by atoms with E-state index in [2.05, 4.69) is 21.3 Å². The number of nitrogens with zero attached hydrogens (tertiary/aromatic N) is 4. The summed E-state index contributed by atoms with van der Waals surface area (Å²) < 4.78 is 49.0. The number of hydrogen-bond donors (Lipinski definition) is 1. The molecule has 3 heterocycles. The summed E-state index contributed by atoms with van der Waals surface area (Å²) in [6.07, 6.45) is -0.883. The lowest BCUT2D eigenvalue weighted by atomic mass is 9.94. The number of halogens is 3. The molecule has 0 radical (unpaired) electrons. The van der Waals surface area contributed by atoms with Crippen LogP contribution in [0.4, 0.5) is 18.9 Å². The molecule has 6 rings (SSSR count). The smallest absolute Gasteiger partial charge is 0.374 e. The molecule has 4 aliphatic rings. The SMILES string of the molecule is N#Cc1ccc(N2C[C@]3(C(=O)NC[C@H]4CN(CC5CC5)CCO4)C[C@]3(C(F)(F)F)C2)c2cccnc12. The number of pyridine rings is 1. The first kappa shape index (κ1) is 23.5. The second-order valence-electron chi connectivity index (χ2n) is 10.7. The summed E-state index contributed by atoms with van der Waals surface area (Å²) >= 11 is 0. The van der Waals surface area contributed by atoms with E-state index in [0.717, 1.165) is 19.0 Å². The Hall–Kier alpha value is -2.90. The fraction of sp³-hybridized carbons (Fsp3) is 0.577. The van der Waals surface area contributed by atoms with E-state index in [1.165, 1.54) is 12.8 Å². The van der Waals surface area contributed by atoms with Gasteiger partial charge in [0.1, 0.15) is 11.5 Å². The molecule has 4 fully saturated rings. The molecule has 1 N–H and O–H groups in total. The maximum atomic E-state index is 14.4. The zero-order chi connectivity index (χ0) is 25.1. The number of piperidine rings is 1. The number of benzene rings is 1. The van der Waals surface area contributed by atoms with E-state index in [1.807, 2.05) is 0 Å². The second kappa shape index (κ2) is 8.32. The van der Waals surface area contributed by atoms with Crippen LogP contribution in [0.25, 0.3) is 10.9 Å². The van der Waals surface area contributed by atoms with Gasteiger partial charge in [-0.1, -0.05) is 0 Å². The first-order valence-electron chi connectivity index (χ1n) is 12.5. The van der Waals surface area contributed by atoms with Gasteiger partial charge in [-0.25, -0.2) is 0 Å². The number of morpholine rings is 1. The van der Waals surface area contributed by atoms with Gasteiger partial charge in [-0.2, -0.15) is 18.4 Å². The highest BCUT2D eigenvalue weighted by Crippen LogP contribution is 2.75. The molecule has 2 saturated carbocycles. The summed E-state index contributed by atoms with van der Waals surface area (Å²) in [4.78, 5) is 21.6. The molecule has 3 atom stereocenters. The lowest BCUT2D eigenvalue weighted by Gasteiger charge is -2.33. The van der Waals surface area contributed by atoms with Crippen LogP contribution in [0.5, 0.6) is 0 Å². The van der Waals surface area contributed by atoms with E-state index in [9.17, 15) is 23.2 Å². The quantitative estimate of drug-likeness (QED) is 0.658. The van der Waals surface area contributed by atoms with Crippen molar-refractivity contribution < 1.29 is 22.7 Å². The van der Waals surface area contributed by atoms with Crippen molar-refractivity contribution in [2.45, 2.75) is 31.5 Å². The van der Waals surface area contributed by atoms with E-state index in [4.69, 9.17) is 4.74 Å². The van der Waals surface area contributed by atoms with Crippen molar-refractivity contribution in [2.75, 3.05) is 50.8 Å². The van der Waals surface area contributed by atoms with Gasteiger partial charge in [0.2, 0.25) is 5.91 Å². The highest BCUT2D eigenvalue weighted by atomic mass is 19.4. The van der Waals surface area contributed by atoms with Crippen molar-refractivity contribution in [1.29, 1.82) is 5.26 Å². The maximum Gasteiger partial charge on any atom is 0.397 e. The fourth-order valence-corrected chi connectivity index (χ4v) is 6.23. The Morgan fingerprint density at radius 3 is 2.86 bits per heavy atom. The lowest BCUT2D eigenvalue weighted by Crippen LogP contribution is -2.50. The van der Waals surface area contributed by atoms with Crippen LogP contribution in [0, 0.1) is 28.1 Å². The van der Waals surface area contributed by atoms with Crippen molar-refractivity contribution in [3.63, 3.8) is 0 Å². The molecule has 0 unspecified atom stereocenters. The van der Waals surface area contributed by atoms with E-state index in [-0.39, 0.29) is 32.2 Å². The minimum Gasteiger partial charge on any atom is -0.374 e.